The molecule has 1 aromatic carbocycles. The van der Waals surface area contributed by atoms with Gasteiger partial charge in [0.05, 0.1) is 16.6 Å². The average Bonchev–Trinajstić information content (AvgIpc) is 3.02. The maximum Gasteiger partial charge on any atom is 0.153 e. The highest BCUT2D eigenvalue weighted by Gasteiger charge is 2.31. The summed E-state index contributed by atoms with van der Waals surface area (Å²) in [6.45, 7) is 5.31. The third-order valence-electron chi connectivity index (χ3n) is 4.68. The van der Waals surface area contributed by atoms with Gasteiger partial charge in [0.1, 0.15) is 0 Å². The number of halogens is 1. The molecule has 0 aliphatic carbocycles. The van der Waals surface area contributed by atoms with Gasteiger partial charge < -0.3 is 5.32 Å². The molecule has 0 saturated heterocycles. The Kier molecular flexibility index (Phi) is 4.92. The lowest BCUT2D eigenvalue weighted by Gasteiger charge is -2.21. The molecule has 4 nitrogen and oxygen atoms in total. The van der Waals surface area contributed by atoms with E-state index in [9.17, 15) is 0 Å². The van der Waals surface area contributed by atoms with Crippen molar-refractivity contribution in [2.45, 2.75) is 30.8 Å². The Balaban J connectivity index is 1.90. The Morgan fingerprint density at radius 3 is 2.92 bits per heavy atom. The fourth-order valence-corrected chi connectivity index (χ4v) is 4.98. The lowest BCUT2D eigenvalue weighted by atomic mass is 9.96. The molecule has 4 rings (SSSR count). The number of benzene rings is 1. The molecular formula is C20H21ClN4S. The van der Waals surface area contributed by atoms with Gasteiger partial charge in [-0.1, -0.05) is 37.6 Å². The summed E-state index contributed by atoms with van der Waals surface area (Å²) in [4.78, 5) is 4.53. The number of fused-ring (bicyclic) bond motifs is 1. The summed E-state index contributed by atoms with van der Waals surface area (Å²) < 4.78 is 0. The Labute approximate surface area is 162 Å². The summed E-state index contributed by atoms with van der Waals surface area (Å²) in [7, 11) is 0. The van der Waals surface area contributed by atoms with Crippen LogP contribution in [-0.2, 0) is 6.42 Å². The Morgan fingerprint density at radius 2 is 2.15 bits per heavy atom. The number of rotatable bonds is 3. The summed E-state index contributed by atoms with van der Waals surface area (Å²) in [5, 5.41) is 12.7. The molecule has 2 N–H and O–H groups in total. The third kappa shape index (κ3) is 3.21. The second-order valence-corrected chi connectivity index (χ2v) is 8.46. The Hall–Kier alpha value is -1.98. The largest absolute Gasteiger partial charge is 0.367 e. The standard InChI is InChI=1S/C20H21ClN4S/c1-3-13-10-14(21)7-8-15(13)19-17-18(16-6-4-5-9-22-16)24-25-20(17)23-11-12(2)26-19/h4-10,12,19H,3,11H2,1-2H3,(H2,23,24,25). The van der Waals surface area contributed by atoms with Gasteiger partial charge in [-0.05, 0) is 41.8 Å². The maximum atomic E-state index is 6.25. The first kappa shape index (κ1) is 17.4. The number of aromatic amines is 1. The van der Waals surface area contributed by atoms with Crippen LogP contribution in [0.1, 0.15) is 35.8 Å². The van der Waals surface area contributed by atoms with E-state index in [1.54, 1.807) is 0 Å². The summed E-state index contributed by atoms with van der Waals surface area (Å²) in [5.74, 6) is 0.921. The molecule has 2 aromatic heterocycles. The smallest absolute Gasteiger partial charge is 0.153 e. The van der Waals surface area contributed by atoms with Crippen molar-refractivity contribution in [3.05, 3.63) is 64.3 Å². The van der Waals surface area contributed by atoms with Gasteiger partial charge >= 0.3 is 0 Å². The van der Waals surface area contributed by atoms with Crippen molar-refractivity contribution < 1.29 is 0 Å². The van der Waals surface area contributed by atoms with Crippen molar-refractivity contribution in [2.75, 3.05) is 11.9 Å². The van der Waals surface area contributed by atoms with Crippen LogP contribution in [-0.4, -0.2) is 27.0 Å². The lowest BCUT2D eigenvalue weighted by Crippen LogP contribution is -2.11. The minimum Gasteiger partial charge on any atom is -0.367 e. The molecule has 1 aliphatic heterocycles. The summed E-state index contributed by atoms with van der Waals surface area (Å²) in [6.07, 6.45) is 2.76. The van der Waals surface area contributed by atoms with E-state index in [0.717, 1.165) is 35.2 Å². The number of H-pyrrole nitrogens is 1. The molecule has 0 radical (unpaired) electrons. The fraction of sp³-hybridized carbons (Fsp3) is 0.300. The zero-order valence-corrected chi connectivity index (χ0v) is 16.4. The predicted molar refractivity (Wildman–Crippen MR) is 110 cm³/mol. The summed E-state index contributed by atoms with van der Waals surface area (Å²) >= 11 is 8.21. The van der Waals surface area contributed by atoms with E-state index in [4.69, 9.17) is 11.6 Å². The number of aryl methyl sites for hydroxylation is 1. The molecule has 1 aliphatic rings. The summed E-state index contributed by atoms with van der Waals surface area (Å²) in [6, 6.07) is 12.2. The summed E-state index contributed by atoms with van der Waals surface area (Å²) in [5.41, 5.74) is 5.66. The number of hydrogen-bond donors (Lipinski definition) is 2. The molecule has 3 aromatic rings. The normalized spacial score (nSPS) is 19.5. The number of anilines is 1. The highest BCUT2D eigenvalue weighted by molar-refractivity contribution is 8.00. The van der Waals surface area contributed by atoms with Gasteiger partial charge in [0.2, 0.25) is 0 Å². The van der Waals surface area contributed by atoms with Gasteiger partial charge in [0, 0.05) is 28.6 Å². The van der Waals surface area contributed by atoms with E-state index < -0.39 is 0 Å². The fourth-order valence-electron chi connectivity index (χ4n) is 3.40. The number of pyridine rings is 1. The first-order chi connectivity index (χ1) is 12.7. The quantitative estimate of drug-likeness (QED) is 0.641. The SMILES string of the molecule is CCc1cc(Cl)ccc1C1SC(C)CNc2n[nH]c(-c3ccccn3)c21. The minimum absolute atomic E-state index is 0.179. The van der Waals surface area contributed by atoms with Crippen molar-refractivity contribution in [1.29, 1.82) is 0 Å². The topological polar surface area (TPSA) is 53.6 Å². The second kappa shape index (κ2) is 7.33. The van der Waals surface area contributed by atoms with Crippen molar-refractivity contribution in [3.8, 4) is 11.4 Å². The van der Waals surface area contributed by atoms with E-state index in [0.29, 0.717) is 5.25 Å². The zero-order chi connectivity index (χ0) is 18.1. The molecule has 0 fully saturated rings. The van der Waals surface area contributed by atoms with Crippen LogP contribution in [0.15, 0.2) is 42.6 Å². The first-order valence-electron chi connectivity index (χ1n) is 8.84. The van der Waals surface area contributed by atoms with Crippen LogP contribution in [0.4, 0.5) is 5.82 Å². The van der Waals surface area contributed by atoms with Gasteiger partial charge in [0.25, 0.3) is 0 Å². The number of hydrogen-bond acceptors (Lipinski definition) is 4. The van der Waals surface area contributed by atoms with Crippen LogP contribution in [0.25, 0.3) is 11.4 Å². The predicted octanol–water partition coefficient (Wildman–Crippen LogP) is 5.32. The molecule has 6 heteroatoms. The van der Waals surface area contributed by atoms with Crippen molar-refractivity contribution in [1.82, 2.24) is 15.2 Å². The molecule has 134 valence electrons. The number of thioether (sulfide) groups is 1. The van der Waals surface area contributed by atoms with E-state index in [1.807, 2.05) is 42.2 Å². The molecular weight excluding hydrogens is 364 g/mol. The van der Waals surface area contributed by atoms with Crippen LogP contribution in [0.5, 0.6) is 0 Å². The van der Waals surface area contributed by atoms with Crippen LogP contribution < -0.4 is 5.32 Å². The van der Waals surface area contributed by atoms with Crippen LogP contribution in [0, 0.1) is 0 Å². The first-order valence-corrected chi connectivity index (χ1v) is 10.2. The van der Waals surface area contributed by atoms with E-state index in [-0.39, 0.29) is 5.25 Å². The molecule has 2 unspecified atom stereocenters. The van der Waals surface area contributed by atoms with Gasteiger partial charge in [-0.3, -0.25) is 10.1 Å². The minimum atomic E-state index is 0.179. The number of aromatic nitrogens is 3. The lowest BCUT2D eigenvalue weighted by molar-refractivity contribution is 0.979. The molecule has 2 atom stereocenters. The van der Waals surface area contributed by atoms with Gasteiger partial charge in [0.15, 0.2) is 5.82 Å². The molecule has 0 amide bonds. The van der Waals surface area contributed by atoms with E-state index >= 15 is 0 Å². The molecule has 0 bridgehead atoms. The Morgan fingerprint density at radius 1 is 1.27 bits per heavy atom. The van der Waals surface area contributed by atoms with Gasteiger partial charge in [-0.15, -0.1) is 11.8 Å². The second-order valence-electron chi connectivity index (χ2n) is 6.48. The zero-order valence-electron chi connectivity index (χ0n) is 14.8. The Bertz CT molecular complexity index is 909. The number of nitrogens with one attached hydrogen (secondary N) is 2. The van der Waals surface area contributed by atoms with E-state index in [1.165, 1.54) is 16.7 Å². The van der Waals surface area contributed by atoms with Gasteiger partial charge in [-0.2, -0.15) is 5.10 Å². The molecule has 0 spiro atoms. The van der Waals surface area contributed by atoms with Crippen LogP contribution in [0.3, 0.4) is 0 Å². The molecule has 26 heavy (non-hydrogen) atoms. The molecule has 0 saturated carbocycles. The number of nitrogens with zero attached hydrogens (tertiary/aromatic N) is 2. The van der Waals surface area contributed by atoms with E-state index in [2.05, 4.69) is 46.5 Å². The van der Waals surface area contributed by atoms with Crippen molar-refractivity contribution in [2.24, 2.45) is 0 Å². The van der Waals surface area contributed by atoms with Gasteiger partial charge in [-0.25, -0.2) is 0 Å². The highest BCUT2D eigenvalue weighted by Crippen LogP contribution is 2.47. The van der Waals surface area contributed by atoms with Crippen molar-refractivity contribution >= 4 is 29.2 Å². The maximum absolute atomic E-state index is 6.25. The van der Waals surface area contributed by atoms with Crippen molar-refractivity contribution in [3.63, 3.8) is 0 Å². The molecule has 3 heterocycles. The van der Waals surface area contributed by atoms with Crippen LogP contribution in [0.2, 0.25) is 5.02 Å². The van der Waals surface area contributed by atoms with Crippen LogP contribution >= 0.6 is 23.4 Å². The monoisotopic (exact) mass is 384 g/mol. The third-order valence-corrected chi connectivity index (χ3v) is 6.31. The highest BCUT2D eigenvalue weighted by atomic mass is 35.5. The average molecular weight is 385 g/mol.